The standard InChI is InChI=1S/C22H20N4OS/c1-27-20-5-4-14(11-24-20)18-9-15-19(28-18)10-16-21(25-26-22(15)16)13-3-2-12-6-7-23-17(12)8-13/h2-5,8-9,11,16,22-23,26H,6-7,10H2,1H3. The van der Waals surface area contributed by atoms with E-state index >= 15 is 0 Å². The molecule has 2 aliphatic heterocycles. The third-order valence-electron chi connectivity index (χ3n) is 6.01. The quantitative estimate of drug-likeness (QED) is 0.712. The minimum absolute atomic E-state index is 0.280. The molecule has 0 saturated heterocycles. The van der Waals surface area contributed by atoms with Gasteiger partial charge in [-0.15, -0.1) is 11.3 Å². The summed E-state index contributed by atoms with van der Waals surface area (Å²) in [6, 6.07) is 13.3. The van der Waals surface area contributed by atoms with Crippen LogP contribution in [0.1, 0.15) is 27.6 Å². The van der Waals surface area contributed by atoms with E-state index in [1.54, 1.807) is 7.11 Å². The second-order valence-corrected chi connectivity index (χ2v) is 8.68. The summed E-state index contributed by atoms with van der Waals surface area (Å²) in [5.41, 5.74) is 11.1. The number of thiophene rings is 1. The number of aromatic nitrogens is 1. The molecule has 2 N–H and O–H groups in total. The van der Waals surface area contributed by atoms with Crippen LogP contribution in [0, 0.1) is 5.92 Å². The van der Waals surface area contributed by atoms with E-state index in [9.17, 15) is 0 Å². The molecule has 140 valence electrons. The molecule has 6 rings (SSSR count). The summed E-state index contributed by atoms with van der Waals surface area (Å²) < 4.78 is 5.17. The molecule has 28 heavy (non-hydrogen) atoms. The second kappa shape index (κ2) is 6.07. The summed E-state index contributed by atoms with van der Waals surface area (Å²) in [5.74, 6) is 1.07. The number of rotatable bonds is 3. The highest BCUT2D eigenvalue weighted by atomic mass is 32.1. The predicted octanol–water partition coefficient (Wildman–Crippen LogP) is 4.01. The number of nitrogens with zero attached hydrogens (tertiary/aromatic N) is 2. The molecule has 1 aliphatic carbocycles. The van der Waals surface area contributed by atoms with Gasteiger partial charge in [-0.05, 0) is 42.2 Å². The fourth-order valence-corrected chi connectivity index (χ4v) is 5.81. The number of hydrogen-bond acceptors (Lipinski definition) is 6. The number of pyridine rings is 1. The van der Waals surface area contributed by atoms with Gasteiger partial charge in [-0.1, -0.05) is 12.1 Å². The van der Waals surface area contributed by atoms with Crippen LogP contribution < -0.4 is 15.5 Å². The van der Waals surface area contributed by atoms with Crippen LogP contribution in [0.2, 0.25) is 0 Å². The van der Waals surface area contributed by atoms with Crippen molar-refractivity contribution in [2.45, 2.75) is 18.9 Å². The maximum atomic E-state index is 5.17. The van der Waals surface area contributed by atoms with Crippen LogP contribution in [0.4, 0.5) is 5.69 Å². The predicted molar refractivity (Wildman–Crippen MR) is 112 cm³/mol. The number of ether oxygens (including phenoxy) is 1. The lowest BCUT2D eigenvalue weighted by atomic mass is 9.91. The van der Waals surface area contributed by atoms with Gasteiger partial charge in [-0.3, -0.25) is 0 Å². The lowest BCUT2D eigenvalue weighted by Gasteiger charge is -2.13. The first-order valence-electron chi connectivity index (χ1n) is 9.63. The van der Waals surface area contributed by atoms with Crippen LogP contribution in [0.25, 0.3) is 10.4 Å². The largest absolute Gasteiger partial charge is 0.481 e. The summed E-state index contributed by atoms with van der Waals surface area (Å²) in [7, 11) is 1.64. The monoisotopic (exact) mass is 388 g/mol. The Balaban J connectivity index is 1.28. The van der Waals surface area contributed by atoms with Gasteiger partial charge in [0.25, 0.3) is 0 Å². The number of hydrogen-bond donors (Lipinski definition) is 2. The Bertz CT molecular complexity index is 1100. The molecule has 2 aromatic heterocycles. The maximum Gasteiger partial charge on any atom is 0.212 e. The van der Waals surface area contributed by atoms with Crippen LogP contribution in [0.3, 0.4) is 0 Å². The van der Waals surface area contributed by atoms with Crippen LogP contribution >= 0.6 is 11.3 Å². The third-order valence-corrected chi connectivity index (χ3v) is 7.23. The molecule has 0 amide bonds. The lowest BCUT2D eigenvalue weighted by molar-refractivity contribution is 0.398. The first-order chi connectivity index (χ1) is 13.8. The molecule has 6 heteroatoms. The Morgan fingerprint density at radius 2 is 2.07 bits per heavy atom. The normalized spacial score (nSPS) is 21.4. The molecule has 0 bridgehead atoms. The van der Waals surface area contributed by atoms with Crippen molar-refractivity contribution in [1.29, 1.82) is 0 Å². The number of hydrazone groups is 1. The Hall–Kier alpha value is -2.86. The molecule has 5 nitrogen and oxygen atoms in total. The highest BCUT2D eigenvalue weighted by molar-refractivity contribution is 7.15. The maximum absolute atomic E-state index is 5.17. The van der Waals surface area contributed by atoms with Crippen LogP contribution in [0.5, 0.6) is 5.88 Å². The van der Waals surface area contributed by atoms with Gasteiger partial charge in [0.05, 0.1) is 18.9 Å². The molecular weight excluding hydrogens is 368 g/mol. The summed E-state index contributed by atoms with van der Waals surface area (Å²) in [4.78, 5) is 7.06. The van der Waals surface area contributed by atoms with E-state index in [0.717, 1.165) is 24.9 Å². The molecule has 3 aliphatic rings. The molecule has 0 saturated carbocycles. The van der Waals surface area contributed by atoms with E-state index in [1.165, 1.54) is 37.8 Å². The van der Waals surface area contributed by atoms with Gasteiger partial charge < -0.3 is 15.5 Å². The SMILES string of the molecule is COc1ccc(-c2cc3c(s2)CC2C(c4ccc5c(c4)NCC5)=NNC32)cn1. The second-order valence-electron chi connectivity index (χ2n) is 7.54. The van der Waals surface area contributed by atoms with Gasteiger partial charge in [0, 0.05) is 51.3 Å². The van der Waals surface area contributed by atoms with Gasteiger partial charge >= 0.3 is 0 Å². The first kappa shape index (κ1) is 16.1. The van der Waals surface area contributed by atoms with E-state index in [0.29, 0.717) is 11.8 Å². The first-order valence-corrected chi connectivity index (χ1v) is 10.4. The molecule has 1 aromatic carbocycles. The Morgan fingerprint density at radius 1 is 1.14 bits per heavy atom. The number of nitrogens with one attached hydrogen (secondary N) is 2. The fraction of sp³-hybridized carbons (Fsp3) is 0.273. The zero-order valence-corrected chi connectivity index (χ0v) is 16.3. The minimum Gasteiger partial charge on any atom is -0.481 e. The van der Waals surface area contributed by atoms with Gasteiger partial charge in [0.2, 0.25) is 5.88 Å². The minimum atomic E-state index is 0.280. The van der Waals surface area contributed by atoms with Crippen molar-refractivity contribution in [3.8, 4) is 16.3 Å². The summed E-state index contributed by atoms with van der Waals surface area (Å²) >= 11 is 1.87. The van der Waals surface area contributed by atoms with Gasteiger partial charge in [-0.2, -0.15) is 5.10 Å². The van der Waals surface area contributed by atoms with Gasteiger partial charge in [0.15, 0.2) is 0 Å². The van der Waals surface area contributed by atoms with Gasteiger partial charge in [0.1, 0.15) is 0 Å². The molecular formula is C22H20N4OS. The van der Waals surface area contributed by atoms with E-state index < -0.39 is 0 Å². The van der Waals surface area contributed by atoms with Crippen molar-refractivity contribution in [3.63, 3.8) is 0 Å². The summed E-state index contributed by atoms with van der Waals surface area (Å²) in [5, 5.41) is 8.22. The molecule has 0 spiro atoms. The highest BCUT2D eigenvalue weighted by Crippen LogP contribution is 2.47. The Kier molecular flexibility index (Phi) is 3.50. The van der Waals surface area contributed by atoms with Crippen molar-refractivity contribution in [1.82, 2.24) is 10.4 Å². The van der Waals surface area contributed by atoms with E-state index in [-0.39, 0.29) is 6.04 Å². The fourth-order valence-electron chi connectivity index (χ4n) is 4.55. The zero-order chi connectivity index (χ0) is 18.7. The van der Waals surface area contributed by atoms with Crippen LogP contribution in [-0.2, 0) is 12.8 Å². The van der Waals surface area contributed by atoms with Crippen molar-refractivity contribution in [2.24, 2.45) is 11.0 Å². The molecule has 2 atom stereocenters. The third kappa shape index (κ3) is 2.37. The zero-order valence-electron chi connectivity index (χ0n) is 15.5. The van der Waals surface area contributed by atoms with Gasteiger partial charge in [-0.25, -0.2) is 4.98 Å². The van der Waals surface area contributed by atoms with Crippen molar-refractivity contribution in [3.05, 3.63) is 64.2 Å². The molecule has 3 aromatic rings. The molecule has 4 heterocycles. The lowest BCUT2D eigenvalue weighted by Crippen LogP contribution is -2.18. The van der Waals surface area contributed by atoms with Crippen molar-refractivity contribution in [2.75, 3.05) is 19.0 Å². The van der Waals surface area contributed by atoms with E-state index in [4.69, 9.17) is 9.84 Å². The molecule has 0 radical (unpaired) electrons. The van der Waals surface area contributed by atoms with E-state index in [1.807, 2.05) is 23.6 Å². The number of anilines is 1. The average Bonchev–Trinajstić information content (AvgIpc) is 3.48. The summed E-state index contributed by atoms with van der Waals surface area (Å²) in [6.07, 6.45) is 4.05. The highest BCUT2D eigenvalue weighted by Gasteiger charge is 2.41. The molecule has 0 fully saturated rings. The Morgan fingerprint density at radius 3 is 2.93 bits per heavy atom. The number of benzene rings is 1. The molecule has 2 unspecified atom stereocenters. The van der Waals surface area contributed by atoms with E-state index in [2.05, 4.69) is 46.1 Å². The average molecular weight is 388 g/mol. The number of methoxy groups -OCH3 is 1. The summed E-state index contributed by atoms with van der Waals surface area (Å²) in [6.45, 7) is 1.04. The smallest absolute Gasteiger partial charge is 0.212 e. The van der Waals surface area contributed by atoms with Crippen molar-refractivity contribution >= 4 is 22.7 Å². The number of fused-ring (bicyclic) bond motifs is 4. The Labute approximate surface area is 167 Å². The van der Waals surface area contributed by atoms with Crippen molar-refractivity contribution < 1.29 is 4.74 Å². The topological polar surface area (TPSA) is 58.5 Å². The van der Waals surface area contributed by atoms with Crippen LogP contribution in [-0.4, -0.2) is 24.4 Å². The van der Waals surface area contributed by atoms with Crippen LogP contribution in [0.15, 0.2) is 47.7 Å².